The van der Waals surface area contributed by atoms with Gasteiger partial charge in [-0.05, 0) is 76.2 Å². The van der Waals surface area contributed by atoms with Crippen LogP contribution < -0.4 is 5.56 Å². The van der Waals surface area contributed by atoms with Crippen molar-refractivity contribution in [1.82, 2.24) is 35.1 Å². The zero-order chi connectivity index (χ0) is 26.5. The van der Waals surface area contributed by atoms with Gasteiger partial charge in [-0.3, -0.25) is 14.7 Å². The molecule has 0 spiro atoms. The summed E-state index contributed by atoms with van der Waals surface area (Å²) in [5.74, 6) is 0.579. The first-order chi connectivity index (χ1) is 18.5. The van der Waals surface area contributed by atoms with Crippen LogP contribution in [0.2, 0.25) is 0 Å². The van der Waals surface area contributed by atoms with E-state index in [-0.39, 0.29) is 5.56 Å². The molecule has 3 aromatic heterocycles. The molecule has 3 heterocycles. The molecule has 0 radical (unpaired) electrons. The third-order valence-electron chi connectivity index (χ3n) is 6.80. The van der Waals surface area contributed by atoms with Crippen LogP contribution in [0.15, 0.2) is 77.9 Å². The Morgan fingerprint density at radius 2 is 1.76 bits per heavy atom. The highest BCUT2D eigenvalue weighted by molar-refractivity contribution is 5.81. The van der Waals surface area contributed by atoms with Crippen LogP contribution in [0.4, 0.5) is 0 Å². The molecule has 9 heteroatoms. The Labute approximate surface area is 221 Å². The van der Waals surface area contributed by atoms with E-state index in [2.05, 4.69) is 55.5 Å². The number of pyridine rings is 2. The molecular formula is C29H31N7O2. The summed E-state index contributed by atoms with van der Waals surface area (Å²) >= 11 is 0. The average molecular weight is 510 g/mol. The van der Waals surface area contributed by atoms with E-state index in [9.17, 15) is 4.79 Å². The van der Waals surface area contributed by atoms with Gasteiger partial charge in [-0.15, -0.1) is 5.10 Å². The van der Waals surface area contributed by atoms with E-state index in [1.54, 1.807) is 18.0 Å². The fourth-order valence-corrected chi connectivity index (χ4v) is 4.72. The molecule has 5 rings (SSSR count). The number of rotatable bonds is 10. The number of H-pyrrole nitrogens is 1. The molecule has 5 aromatic rings. The lowest BCUT2D eigenvalue weighted by atomic mass is 9.99. The van der Waals surface area contributed by atoms with E-state index in [0.717, 1.165) is 33.2 Å². The molecule has 0 amide bonds. The predicted octanol–water partition coefficient (Wildman–Crippen LogP) is 3.96. The number of nitrogens with zero attached hydrogens (tertiary/aromatic N) is 6. The van der Waals surface area contributed by atoms with E-state index in [4.69, 9.17) is 4.74 Å². The molecule has 0 aliphatic heterocycles. The number of fused-ring (bicyclic) bond motifs is 1. The van der Waals surface area contributed by atoms with Crippen LogP contribution in [0.25, 0.3) is 10.9 Å². The van der Waals surface area contributed by atoms with Gasteiger partial charge in [0.1, 0.15) is 6.04 Å². The summed E-state index contributed by atoms with van der Waals surface area (Å²) in [7, 11) is 1.64. The Morgan fingerprint density at radius 3 is 2.53 bits per heavy atom. The van der Waals surface area contributed by atoms with E-state index in [1.807, 2.05) is 55.6 Å². The van der Waals surface area contributed by atoms with Crippen molar-refractivity contribution in [2.75, 3.05) is 13.7 Å². The number of methoxy groups -OCH3 is 1. The van der Waals surface area contributed by atoms with Gasteiger partial charge in [0, 0.05) is 43.7 Å². The lowest BCUT2D eigenvalue weighted by Gasteiger charge is -2.31. The van der Waals surface area contributed by atoms with Crippen LogP contribution in [0.3, 0.4) is 0 Å². The minimum Gasteiger partial charge on any atom is -0.383 e. The van der Waals surface area contributed by atoms with Crippen molar-refractivity contribution in [3.05, 3.63) is 117 Å². The Bertz CT molecular complexity index is 1520. The number of aryl methyl sites for hydroxylation is 2. The molecule has 0 bridgehead atoms. The summed E-state index contributed by atoms with van der Waals surface area (Å²) in [4.78, 5) is 23.4. The number of aromatic nitrogens is 6. The third-order valence-corrected chi connectivity index (χ3v) is 6.80. The SMILES string of the molecule is COCCn1nnnc1[C@@H](c1cc2cc(C)c(C)cc2[nH]c1=O)N(Cc1ccccc1)Cc1cccnc1. The Kier molecular flexibility index (Phi) is 7.67. The van der Waals surface area contributed by atoms with Crippen molar-refractivity contribution in [3.63, 3.8) is 0 Å². The number of ether oxygens (including phenoxy) is 1. The maximum absolute atomic E-state index is 13.7. The Morgan fingerprint density at radius 1 is 1.00 bits per heavy atom. The lowest BCUT2D eigenvalue weighted by molar-refractivity contribution is 0.169. The molecule has 0 aliphatic rings. The summed E-state index contributed by atoms with van der Waals surface area (Å²) in [6.07, 6.45) is 3.60. The van der Waals surface area contributed by atoms with Crippen LogP contribution in [-0.2, 0) is 24.4 Å². The van der Waals surface area contributed by atoms with E-state index in [1.165, 1.54) is 0 Å². The molecule has 194 valence electrons. The second-order valence-corrected chi connectivity index (χ2v) is 9.48. The summed E-state index contributed by atoms with van der Waals surface area (Å²) in [6, 6.07) is 19.7. The second kappa shape index (κ2) is 11.5. The summed E-state index contributed by atoms with van der Waals surface area (Å²) in [5.41, 5.74) is 5.64. The molecule has 9 nitrogen and oxygen atoms in total. The minimum atomic E-state index is -0.531. The highest BCUT2D eigenvalue weighted by Crippen LogP contribution is 2.30. The van der Waals surface area contributed by atoms with Crippen LogP contribution in [-0.4, -0.2) is 48.8 Å². The molecule has 0 unspecified atom stereocenters. The maximum atomic E-state index is 13.7. The van der Waals surface area contributed by atoms with E-state index < -0.39 is 6.04 Å². The Hall–Kier alpha value is -4.21. The second-order valence-electron chi connectivity index (χ2n) is 9.48. The molecule has 1 N–H and O–H groups in total. The first-order valence-corrected chi connectivity index (χ1v) is 12.6. The van der Waals surface area contributed by atoms with Crippen LogP contribution in [0, 0.1) is 13.8 Å². The standard InChI is InChI=1S/C29H31N7O2/c1-20-14-24-16-25(29(37)31-26(24)15-21(20)2)27(28-32-33-34-36(28)12-13-38-3)35(18-22-8-5-4-6-9-22)19-23-10-7-11-30-17-23/h4-11,14-17,27H,12-13,18-19H2,1-3H3,(H,31,37)/t27-/m1/s1. The van der Waals surface area contributed by atoms with Gasteiger partial charge >= 0.3 is 0 Å². The van der Waals surface area contributed by atoms with Gasteiger partial charge in [0.05, 0.1) is 13.2 Å². The maximum Gasteiger partial charge on any atom is 0.253 e. The van der Waals surface area contributed by atoms with Gasteiger partial charge in [-0.1, -0.05) is 36.4 Å². The van der Waals surface area contributed by atoms with Gasteiger partial charge in [0.15, 0.2) is 5.82 Å². The van der Waals surface area contributed by atoms with Crippen molar-refractivity contribution in [1.29, 1.82) is 0 Å². The van der Waals surface area contributed by atoms with Crippen LogP contribution in [0.1, 0.15) is 39.7 Å². The molecule has 0 saturated heterocycles. The molecule has 0 aliphatic carbocycles. The van der Waals surface area contributed by atoms with Crippen molar-refractivity contribution in [2.24, 2.45) is 0 Å². The topological polar surface area (TPSA) is 102 Å². The fraction of sp³-hybridized carbons (Fsp3) is 0.276. The largest absolute Gasteiger partial charge is 0.383 e. The molecule has 2 aromatic carbocycles. The monoisotopic (exact) mass is 509 g/mol. The highest BCUT2D eigenvalue weighted by atomic mass is 16.5. The highest BCUT2D eigenvalue weighted by Gasteiger charge is 2.31. The number of nitrogens with one attached hydrogen (secondary N) is 1. The van der Waals surface area contributed by atoms with Gasteiger partial charge < -0.3 is 9.72 Å². The molecule has 0 fully saturated rings. The minimum absolute atomic E-state index is 0.170. The average Bonchev–Trinajstić information content (AvgIpc) is 3.38. The zero-order valence-corrected chi connectivity index (χ0v) is 21.8. The molecular weight excluding hydrogens is 478 g/mol. The molecule has 1 atom stereocenters. The number of benzene rings is 2. The fourth-order valence-electron chi connectivity index (χ4n) is 4.72. The lowest BCUT2D eigenvalue weighted by Crippen LogP contribution is -2.35. The van der Waals surface area contributed by atoms with Gasteiger partial charge in [0.2, 0.25) is 0 Å². The normalized spacial score (nSPS) is 12.3. The van der Waals surface area contributed by atoms with Gasteiger partial charge in [0.25, 0.3) is 5.56 Å². The molecule has 0 saturated carbocycles. The van der Waals surface area contributed by atoms with Crippen molar-refractivity contribution < 1.29 is 4.74 Å². The van der Waals surface area contributed by atoms with E-state index in [0.29, 0.717) is 37.6 Å². The van der Waals surface area contributed by atoms with Crippen LogP contribution >= 0.6 is 0 Å². The summed E-state index contributed by atoms with van der Waals surface area (Å²) in [5, 5.41) is 13.6. The van der Waals surface area contributed by atoms with Crippen LogP contribution in [0.5, 0.6) is 0 Å². The summed E-state index contributed by atoms with van der Waals surface area (Å²) in [6.45, 7) is 6.14. The van der Waals surface area contributed by atoms with Crippen molar-refractivity contribution in [3.8, 4) is 0 Å². The zero-order valence-electron chi connectivity index (χ0n) is 21.8. The van der Waals surface area contributed by atoms with E-state index >= 15 is 0 Å². The third kappa shape index (κ3) is 5.53. The quantitative estimate of drug-likeness (QED) is 0.304. The summed E-state index contributed by atoms with van der Waals surface area (Å²) < 4.78 is 7.03. The number of aromatic amines is 1. The van der Waals surface area contributed by atoms with Crippen molar-refractivity contribution >= 4 is 10.9 Å². The molecule has 38 heavy (non-hydrogen) atoms. The van der Waals surface area contributed by atoms with Gasteiger partial charge in [-0.25, -0.2) is 4.68 Å². The first-order valence-electron chi connectivity index (χ1n) is 12.6. The van der Waals surface area contributed by atoms with Crippen molar-refractivity contribution in [2.45, 2.75) is 39.5 Å². The Balaban J connectivity index is 1.70. The smallest absolute Gasteiger partial charge is 0.253 e. The first kappa shape index (κ1) is 25.4. The number of hydrogen-bond donors (Lipinski definition) is 1. The number of tetrazole rings is 1. The predicted molar refractivity (Wildman–Crippen MR) is 146 cm³/mol. The number of hydrogen-bond acceptors (Lipinski definition) is 7. The van der Waals surface area contributed by atoms with Gasteiger partial charge in [-0.2, -0.15) is 0 Å².